The molecule has 4 nitrogen and oxygen atoms in total. The third-order valence-electron chi connectivity index (χ3n) is 2.88. The van der Waals surface area contributed by atoms with E-state index in [1.807, 2.05) is 16.9 Å². The summed E-state index contributed by atoms with van der Waals surface area (Å²) in [5.74, 6) is -0.321. The molecule has 0 saturated carbocycles. The van der Waals surface area contributed by atoms with Gasteiger partial charge in [0, 0.05) is 12.2 Å². The van der Waals surface area contributed by atoms with Crippen molar-refractivity contribution in [2.24, 2.45) is 0 Å². The Morgan fingerprint density at radius 2 is 2.31 bits per heavy atom. The van der Waals surface area contributed by atoms with E-state index in [0.717, 1.165) is 24.2 Å². The Morgan fingerprint density at radius 1 is 1.56 bits per heavy atom. The third kappa shape index (κ3) is 1.78. The molecule has 1 aromatic carbocycles. The van der Waals surface area contributed by atoms with E-state index < -0.39 is 7.05 Å². The van der Waals surface area contributed by atoms with Crippen molar-refractivity contribution >= 4 is 18.7 Å². The average Bonchev–Trinajstić information content (AvgIpc) is 2.70. The van der Waals surface area contributed by atoms with E-state index in [2.05, 4.69) is 4.74 Å². The maximum absolute atomic E-state index is 11.3. The Labute approximate surface area is 95.0 Å². The molecule has 1 N–H and O–H groups in total. The Bertz CT molecular complexity index is 420. The first-order valence-corrected chi connectivity index (χ1v) is 5.29. The minimum Gasteiger partial charge on any atom is -0.465 e. The molecule has 0 aliphatic carbocycles. The molecule has 0 atom stereocenters. The second kappa shape index (κ2) is 4.18. The van der Waals surface area contributed by atoms with Crippen molar-refractivity contribution in [3.63, 3.8) is 0 Å². The lowest BCUT2D eigenvalue weighted by Crippen LogP contribution is -2.35. The summed E-state index contributed by atoms with van der Waals surface area (Å²) in [6.45, 7) is 2.53. The largest absolute Gasteiger partial charge is 0.465 e. The molecule has 1 aromatic rings. The van der Waals surface area contributed by atoms with Gasteiger partial charge in [0.25, 0.3) is 0 Å². The topological polar surface area (TPSA) is 49.8 Å². The van der Waals surface area contributed by atoms with Crippen molar-refractivity contribution in [3.8, 4) is 0 Å². The number of anilines is 1. The lowest BCUT2D eigenvalue weighted by Gasteiger charge is -2.19. The molecule has 1 aliphatic heterocycles. The van der Waals surface area contributed by atoms with Gasteiger partial charge in [0.1, 0.15) is 0 Å². The fourth-order valence-electron chi connectivity index (χ4n) is 2.06. The Hall–Kier alpha value is -1.49. The minimum absolute atomic E-state index is 0.321. The fraction of sp³-hybridized carbons (Fsp3) is 0.364. The van der Waals surface area contributed by atoms with Gasteiger partial charge in [-0.1, -0.05) is 0 Å². The van der Waals surface area contributed by atoms with Crippen LogP contribution in [0.3, 0.4) is 0 Å². The molecule has 0 bridgehead atoms. The van der Waals surface area contributed by atoms with Gasteiger partial charge in [-0.3, -0.25) is 0 Å². The Kier molecular flexibility index (Phi) is 2.87. The van der Waals surface area contributed by atoms with Crippen molar-refractivity contribution in [2.75, 3.05) is 18.5 Å². The number of benzene rings is 1. The number of fused-ring (bicyclic) bond motifs is 1. The van der Waals surface area contributed by atoms with Crippen LogP contribution in [0.5, 0.6) is 0 Å². The highest BCUT2D eigenvalue weighted by atomic mass is 16.5. The molecule has 0 unspecified atom stereocenters. The maximum Gasteiger partial charge on any atom is 0.409 e. The smallest absolute Gasteiger partial charge is 0.409 e. The van der Waals surface area contributed by atoms with Crippen LogP contribution >= 0.6 is 0 Å². The van der Waals surface area contributed by atoms with E-state index in [1.54, 1.807) is 12.9 Å². The number of hydrogen-bond donors (Lipinski definition) is 1. The van der Waals surface area contributed by atoms with Crippen LogP contribution in [-0.2, 0) is 11.2 Å². The highest BCUT2D eigenvalue weighted by Gasteiger charge is 2.25. The van der Waals surface area contributed by atoms with E-state index >= 15 is 0 Å². The second-order valence-corrected chi connectivity index (χ2v) is 3.91. The fourth-order valence-corrected chi connectivity index (χ4v) is 2.06. The number of carbonyl (C=O) groups excluding carboxylic acids is 1. The molecular formula is C11H14BNO3. The van der Waals surface area contributed by atoms with Crippen LogP contribution in [0, 0.1) is 0 Å². The van der Waals surface area contributed by atoms with Crippen LogP contribution in [-0.4, -0.2) is 31.7 Å². The molecule has 16 heavy (non-hydrogen) atoms. The predicted molar refractivity (Wildman–Crippen MR) is 62.7 cm³/mol. The van der Waals surface area contributed by atoms with Gasteiger partial charge >= 0.3 is 13.0 Å². The highest BCUT2D eigenvalue weighted by Crippen LogP contribution is 2.29. The predicted octanol–water partition coefficient (Wildman–Crippen LogP) is 0.946. The second-order valence-electron chi connectivity index (χ2n) is 3.91. The first-order chi connectivity index (χ1) is 7.63. The average molecular weight is 219 g/mol. The van der Waals surface area contributed by atoms with Gasteiger partial charge in [-0.25, -0.2) is 4.79 Å². The van der Waals surface area contributed by atoms with Gasteiger partial charge in [-0.05, 0) is 37.0 Å². The van der Waals surface area contributed by atoms with E-state index in [0.29, 0.717) is 5.56 Å². The zero-order valence-corrected chi connectivity index (χ0v) is 9.43. The summed E-state index contributed by atoms with van der Waals surface area (Å²) in [6.07, 6.45) is 0.852. The van der Waals surface area contributed by atoms with Crippen molar-refractivity contribution in [2.45, 2.75) is 13.2 Å². The van der Waals surface area contributed by atoms with Crippen LogP contribution in [0.4, 0.5) is 5.69 Å². The molecule has 0 radical (unpaired) electrons. The molecular weight excluding hydrogens is 205 g/mol. The van der Waals surface area contributed by atoms with Crippen molar-refractivity contribution in [1.29, 1.82) is 0 Å². The normalized spacial score (nSPS) is 13.6. The van der Waals surface area contributed by atoms with Gasteiger partial charge in [0.05, 0.1) is 12.7 Å². The SMILES string of the molecule is COC(=O)c1ccc2c(c1)CCN2B(C)O. The quantitative estimate of drug-likeness (QED) is 0.594. The van der Waals surface area contributed by atoms with E-state index in [-0.39, 0.29) is 5.97 Å². The number of hydrogen-bond acceptors (Lipinski definition) is 4. The summed E-state index contributed by atoms with van der Waals surface area (Å²) in [6, 6.07) is 5.43. The molecule has 0 aromatic heterocycles. The molecule has 0 spiro atoms. The van der Waals surface area contributed by atoms with Crippen LogP contribution in [0.1, 0.15) is 15.9 Å². The van der Waals surface area contributed by atoms with Crippen molar-refractivity contribution in [1.82, 2.24) is 0 Å². The molecule has 84 valence electrons. The zero-order chi connectivity index (χ0) is 11.7. The molecule has 0 saturated heterocycles. The van der Waals surface area contributed by atoms with Gasteiger partial charge in [0.2, 0.25) is 0 Å². The summed E-state index contributed by atoms with van der Waals surface area (Å²) in [7, 11) is 0.878. The first-order valence-electron chi connectivity index (χ1n) is 5.29. The summed E-state index contributed by atoms with van der Waals surface area (Å²) in [5.41, 5.74) is 2.65. The van der Waals surface area contributed by atoms with Gasteiger partial charge in [-0.15, -0.1) is 0 Å². The van der Waals surface area contributed by atoms with Crippen LogP contribution in [0.2, 0.25) is 6.82 Å². The van der Waals surface area contributed by atoms with Crippen molar-refractivity contribution < 1.29 is 14.6 Å². The van der Waals surface area contributed by atoms with Gasteiger partial charge < -0.3 is 14.6 Å². The number of carbonyl (C=O) groups is 1. The molecule has 0 fully saturated rings. The molecule has 1 heterocycles. The van der Waals surface area contributed by atoms with E-state index in [1.165, 1.54) is 7.11 Å². The molecule has 0 amide bonds. The van der Waals surface area contributed by atoms with E-state index in [9.17, 15) is 9.82 Å². The standard InChI is InChI=1S/C11H14BNO3/c1-12(15)13-6-5-8-7-9(11(14)16-2)3-4-10(8)13/h3-4,7,15H,5-6H2,1-2H3. The monoisotopic (exact) mass is 219 g/mol. The number of ether oxygens (including phenoxy) is 1. The highest BCUT2D eigenvalue weighted by molar-refractivity contribution is 6.54. The van der Waals surface area contributed by atoms with Gasteiger partial charge in [-0.2, -0.15) is 0 Å². The number of methoxy groups -OCH3 is 1. The summed E-state index contributed by atoms with van der Waals surface area (Å²) < 4.78 is 4.67. The third-order valence-corrected chi connectivity index (χ3v) is 2.88. The summed E-state index contributed by atoms with van der Waals surface area (Å²) in [4.78, 5) is 13.3. The Balaban J connectivity index is 2.33. The van der Waals surface area contributed by atoms with Gasteiger partial charge in [0.15, 0.2) is 0 Å². The molecule has 1 aliphatic rings. The minimum atomic E-state index is -0.495. The first kappa shape index (κ1) is 11.0. The van der Waals surface area contributed by atoms with Crippen LogP contribution < -0.4 is 4.81 Å². The summed E-state index contributed by atoms with van der Waals surface area (Å²) in [5, 5.41) is 9.56. The Morgan fingerprint density at radius 3 is 2.94 bits per heavy atom. The number of esters is 1. The zero-order valence-electron chi connectivity index (χ0n) is 9.43. The van der Waals surface area contributed by atoms with Crippen LogP contribution in [0.25, 0.3) is 0 Å². The van der Waals surface area contributed by atoms with Crippen molar-refractivity contribution in [3.05, 3.63) is 29.3 Å². The summed E-state index contributed by atoms with van der Waals surface area (Å²) >= 11 is 0. The van der Waals surface area contributed by atoms with E-state index in [4.69, 9.17) is 0 Å². The van der Waals surface area contributed by atoms with Crippen LogP contribution in [0.15, 0.2) is 18.2 Å². The molecule has 2 rings (SSSR count). The number of nitrogens with zero attached hydrogens (tertiary/aromatic N) is 1. The lowest BCUT2D eigenvalue weighted by molar-refractivity contribution is 0.0600. The maximum atomic E-state index is 11.3. The lowest BCUT2D eigenvalue weighted by atomic mass is 9.85. The molecule has 5 heteroatoms. The number of rotatable bonds is 2.